The van der Waals surface area contributed by atoms with Crippen molar-refractivity contribution in [3.05, 3.63) is 18.0 Å². The van der Waals surface area contributed by atoms with E-state index in [1.165, 1.54) is 18.4 Å². The zero-order valence-electron chi connectivity index (χ0n) is 9.15. The second-order valence-corrected chi connectivity index (χ2v) is 4.22. The highest BCUT2D eigenvalue weighted by atomic mass is 15.3. The first-order valence-corrected chi connectivity index (χ1v) is 5.84. The van der Waals surface area contributed by atoms with E-state index in [2.05, 4.69) is 21.3 Å². The minimum absolute atomic E-state index is 0.547. The van der Waals surface area contributed by atoms with Crippen molar-refractivity contribution in [1.82, 2.24) is 15.1 Å². The molecule has 0 spiro atoms. The second-order valence-electron chi connectivity index (χ2n) is 4.22. The summed E-state index contributed by atoms with van der Waals surface area (Å²) in [7, 11) is 0. The predicted octanol–water partition coefficient (Wildman–Crippen LogP) is 0.699. The van der Waals surface area contributed by atoms with E-state index in [1.807, 2.05) is 6.20 Å². The smallest absolute Gasteiger partial charge is 0.0644 e. The quantitative estimate of drug-likeness (QED) is 0.766. The average Bonchev–Trinajstić information content (AvgIpc) is 2.76. The molecule has 1 saturated heterocycles. The average molecular weight is 208 g/mol. The van der Waals surface area contributed by atoms with Gasteiger partial charge in [0, 0.05) is 12.7 Å². The first kappa shape index (κ1) is 10.6. The van der Waals surface area contributed by atoms with Gasteiger partial charge in [-0.2, -0.15) is 5.10 Å². The van der Waals surface area contributed by atoms with Crippen LogP contribution in [0.1, 0.15) is 30.9 Å². The summed E-state index contributed by atoms with van der Waals surface area (Å²) in [5.41, 5.74) is 6.80. The fourth-order valence-corrected chi connectivity index (χ4v) is 2.07. The van der Waals surface area contributed by atoms with Crippen molar-refractivity contribution in [2.45, 2.75) is 31.7 Å². The SMILES string of the molecule is NCCCc1cnn(C2CCCNC2)c1. The van der Waals surface area contributed by atoms with E-state index in [0.29, 0.717) is 6.04 Å². The molecule has 2 heterocycles. The van der Waals surface area contributed by atoms with E-state index in [1.54, 1.807) is 0 Å². The van der Waals surface area contributed by atoms with Gasteiger partial charge in [-0.1, -0.05) is 0 Å². The lowest BCUT2D eigenvalue weighted by molar-refractivity contribution is 0.346. The summed E-state index contributed by atoms with van der Waals surface area (Å²) in [6.07, 6.45) is 8.75. The summed E-state index contributed by atoms with van der Waals surface area (Å²) in [5.74, 6) is 0. The maximum Gasteiger partial charge on any atom is 0.0644 e. The number of nitrogens with zero attached hydrogens (tertiary/aromatic N) is 2. The molecule has 0 aromatic carbocycles. The summed E-state index contributed by atoms with van der Waals surface area (Å²) >= 11 is 0. The third-order valence-electron chi connectivity index (χ3n) is 2.97. The molecule has 0 amide bonds. The van der Waals surface area contributed by atoms with Crippen LogP contribution < -0.4 is 11.1 Å². The Morgan fingerprint density at radius 3 is 3.27 bits per heavy atom. The fourth-order valence-electron chi connectivity index (χ4n) is 2.07. The Morgan fingerprint density at radius 1 is 1.60 bits per heavy atom. The van der Waals surface area contributed by atoms with Gasteiger partial charge in [0.1, 0.15) is 0 Å². The first-order chi connectivity index (χ1) is 7.40. The number of nitrogens with one attached hydrogen (secondary N) is 1. The minimum atomic E-state index is 0.547. The third kappa shape index (κ3) is 2.79. The molecule has 0 radical (unpaired) electrons. The molecule has 1 aromatic heterocycles. The van der Waals surface area contributed by atoms with E-state index in [4.69, 9.17) is 5.73 Å². The highest BCUT2D eigenvalue weighted by molar-refractivity contribution is 5.05. The van der Waals surface area contributed by atoms with Gasteiger partial charge < -0.3 is 11.1 Å². The number of hydrogen-bond donors (Lipinski definition) is 2. The molecule has 1 aliphatic rings. The van der Waals surface area contributed by atoms with E-state index < -0.39 is 0 Å². The largest absolute Gasteiger partial charge is 0.330 e. The molecule has 0 bridgehead atoms. The van der Waals surface area contributed by atoms with Gasteiger partial charge in [-0.15, -0.1) is 0 Å². The molecule has 0 saturated carbocycles. The van der Waals surface area contributed by atoms with E-state index in [9.17, 15) is 0 Å². The van der Waals surface area contributed by atoms with Crippen molar-refractivity contribution in [3.63, 3.8) is 0 Å². The maximum atomic E-state index is 5.49. The second kappa shape index (κ2) is 5.28. The van der Waals surface area contributed by atoms with E-state index >= 15 is 0 Å². The van der Waals surface area contributed by atoms with Crippen LogP contribution in [0.5, 0.6) is 0 Å². The lowest BCUT2D eigenvalue weighted by Crippen LogP contribution is -2.31. The predicted molar refractivity (Wildman–Crippen MR) is 60.7 cm³/mol. The first-order valence-electron chi connectivity index (χ1n) is 5.84. The zero-order chi connectivity index (χ0) is 10.5. The highest BCUT2D eigenvalue weighted by Crippen LogP contribution is 2.16. The molecule has 1 unspecified atom stereocenters. The van der Waals surface area contributed by atoms with Crippen molar-refractivity contribution in [3.8, 4) is 0 Å². The fraction of sp³-hybridized carbons (Fsp3) is 0.727. The number of aromatic nitrogens is 2. The maximum absolute atomic E-state index is 5.49. The summed E-state index contributed by atoms with van der Waals surface area (Å²) < 4.78 is 2.11. The molecule has 1 atom stereocenters. The standard InChI is InChI=1S/C11H20N4/c12-5-1-3-10-7-14-15(9-10)11-4-2-6-13-8-11/h7,9,11,13H,1-6,8,12H2. The Hall–Kier alpha value is -0.870. The Balaban J connectivity index is 1.93. The number of rotatable bonds is 4. The van der Waals surface area contributed by atoms with Crippen LogP contribution in [-0.4, -0.2) is 29.4 Å². The summed E-state index contributed by atoms with van der Waals surface area (Å²) in [6, 6.07) is 0.547. The zero-order valence-corrected chi connectivity index (χ0v) is 9.15. The van der Waals surface area contributed by atoms with E-state index in [0.717, 1.165) is 32.5 Å². The van der Waals surface area contributed by atoms with Crippen LogP contribution in [0.2, 0.25) is 0 Å². The molecule has 0 aliphatic carbocycles. The van der Waals surface area contributed by atoms with Crippen LogP contribution >= 0.6 is 0 Å². The van der Waals surface area contributed by atoms with Crippen molar-refractivity contribution >= 4 is 0 Å². The summed E-state index contributed by atoms with van der Waals surface area (Å²) in [6.45, 7) is 2.96. The molecule has 4 nitrogen and oxygen atoms in total. The topological polar surface area (TPSA) is 55.9 Å². The normalized spacial score (nSPS) is 21.8. The Kier molecular flexibility index (Phi) is 3.75. The monoisotopic (exact) mass is 208 g/mol. The van der Waals surface area contributed by atoms with Crippen LogP contribution in [-0.2, 0) is 6.42 Å². The van der Waals surface area contributed by atoms with Crippen LogP contribution in [0.3, 0.4) is 0 Å². The molecule has 1 aromatic rings. The molecule has 84 valence electrons. The molecular formula is C11H20N4. The molecule has 4 heteroatoms. The van der Waals surface area contributed by atoms with Crippen LogP contribution in [0.25, 0.3) is 0 Å². The van der Waals surface area contributed by atoms with Gasteiger partial charge in [0.05, 0.1) is 12.2 Å². The number of hydrogen-bond acceptors (Lipinski definition) is 3. The van der Waals surface area contributed by atoms with Gasteiger partial charge in [-0.05, 0) is 44.3 Å². The van der Waals surface area contributed by atoms with Gasteiger partial charge in [0.25, 0.3) is 0 Å². The van der Waals surface area contributed by atoms with E-state index in [-0.39, 0.29) is 0 Å². The summed E-state index contributed by atoms with van der Waals surface area (Å²) in [5, 5.41) is 7.83. The lowest BCUT2D eigenvalue weighted by atomic mass is 10.1. The minimum Gasteiger partial charge on any atom is -0.330 e. The van der Waals surface area contributed by atoms with Crippen molar-refractivity contribution in [2.24, 2.45) is 5.73 Å². The van der Waals surface area contributed by atoms with Gasteiger partial charge >= 0.3 is 0 Å². The molecule has 2 rings (SSSR count). The van der Waals surface area contributed by atoms with Crippen LogP contribution in [0.15, 0.2) is 12.4 Å². The van der Waals surface area contributed by atoms with Crippen molar-refractivity contribution < 1.29 is 0 Å². The van der Waals surface area contributed by atoms with Gasteiger partial charge in [-0.25, -0.2) is 0 Å². The van der Waals surface area contributed by atoms with Gasteiger partial charge in [0.15, 0.2) is 0 Å². The van der Waals surface area contributed by atoms with Gasteiger partial charge in [-0.3, -0.25) is 4.68 Å². The summed E-state index contributed by atoms with van der Waals surface area (Å²) in [4.78, 5) is 0. The van der Waals surface area contributed by atoms with Crippen molar-refractivity contribution in [1.29, 1.82) is 0 Å². The Morgan fingerprint density at radius 2 is 2.53 bits per heavy atom. The number of aryl methyl sites for hydroxylation is 1. The van der Waals surface area contributed by atoms with Gasteiger partial charge in [0.2, 0.25) is 0 Å². The number of nitrogens with two attached hydrogens (primary N) is 1. The molecule has 15 heavy (non-hydrogen) atoms. The third-order valence-corrected chi connectivity index (χ3v) is 2.97. The Bertz CT molecular complexity index is 289. The van der Waals surface area contributed by atoms with Crippen LogP contribution in [0, 0.1) is 0 Å². The van der Waals surface area contributed by atoms with Crippen molar-refractivity contribution in [2.75, 3.05) is 19.6 Å². The molecule has 1 aliphatic heterocycles. The molecule has 1 fully saturated rings. The van der Waals surface area contributed by atoms with Crippen LogP contribution in [0.4, 0.5) is 0 Å². The molecular weight excluding hydrogens is 188 g/mol. The molecule has 3 N–H and O–H groups in total. The number of piperidine rings is 1. The Labute approximate surface area is 90.8 Å². The lowest BCUT2D eigenvalue weighted by Gasteiger charge is -2.22. The highest BCUT2D eigenvalue weighted by Gasteiger charge is 2.15.